The van der Waals surface area contributed by atoms with Crippen molar-refractivity contribution < 1.29 is 19.1 Å². The summed E-state index contributed by atoms with van der Waals surface area (Å²) in [5.74, 6) is -2.07. The van der Waals surface area contributed by atoms with Gasteiger partial charge in [0.25, 0.3) is 0 Å². The molecule has 1 saturated heterocycles. The molecule has 0 bridgehead atoms. The van der Waals surface area contributed by atoms with Crippen LogP contribution in [0.1, 0.15) is 16.8 Å². The van der Waals surface area contributed by atoms with Crippen LogP contribution in [-0.4, -0.2) is 23.5 Å². The molecule has 1 aromatic carbocycles. The second-order valence-electron chi connectivity index (χ2n) is 4.29. The van der Waals surface area contributed by atoms with Gasteiger partial charge in [0, 0.05) is 18.9 Å². The number of aromatic carboxylic acids is 1. The van der Waals surface area contributed by atoms with Gasteiger partial charge in [-0.15, -0.1) is 6.58 Å². The zero-order valence-corrected chi connectivity index (χ0v) is 11.5. The highest BCUT2D eigenvalue weighted by molar-refractivity contribution is 9.10. The van der Waals surface area contributed by atoms with Crippen LogP contribution in [0.25, 0.3) is 0 Å². The van der Waals surface area contributed by atoms with Crippen LogP contribution in [0, 0.1) is 11.7 Å². The molecule has 1 aromatic rings. The number of carbonyl (C=O) groups is 2. The second-order valence-corrected chi connectivity index (χ2v) is 5.15. The monoisotopic (exact) mass is 327 g/mol. The Hall–Kier alpha value is -1.69. The number of nitrogens with zero attached hydrogens (tertiary/aromatic N) is 1. The van der Waals surface area contributed by atoms with Crippen molar-refractivity contribution >= 4 is 33.5 Å². The van der Waals surface area contributed by atoms with E-state index in [4.69, 9.17) is 5.11 Å². The minimum atomic E-state index is -1.20. The quantitative estimate of drug-likeness (QED) is 0.868. The fraction of sp³-hybridized carbons (Fsp3) is 0.231. The molecular formula is C13H11BrFNO3. The van der Waals surface area contributed by atoms with E-state index in [0.717, 1.165) is 6.07 Å². The van der Waals surface area contributed by atoms with Crippen molar-refractivity contribution in [2.45, 2.75) is 6.42 Å². The molecular weight excluding hydrogens is 317 g/mol. The average molecular weight is 328 g/mol. The van der Waals surface area contributed by atoms with Gasteiger partial charge < -0.3 is 10.0 Å². The van der Waals surface area contributed by atoms with Crippen molar-refractivity contribution in [2.75, 3.05) is 11.4 Å². The second kappa shape index (κ2) is 5.13. The summed E-state index contributed by atoms with van der Waals surface area (Å²) in [5, 5.41) is 9.15. The van der Waals surface area contributed by atoms with E-state index >= 15 is 0 Å². The van der Waals surface area contributed by atoms with E-state index in [1.54, 1.807) is 6.08 Å². The molecule has 0 aromatic heterocycles. The molecule has 1 N–H and O–H groups in total. The highest BCUT2D eigenvalue weighted by Gasteiger charge is 2.31. The highest BCUT2D eigenvalue weighted by Crippen LogP contribution is 2.32. The lowest BCUT2D eigenvalue weighted by Crippen LogP contribution is -2.26. The van der Waals surface area contributed by atoms with Crippen molar-refractivity contribution in [3.8, 4) is 0 Å². The molecule has 0 saturated carbocycles. The van der Waals surface area contributed by atoms with Crippen LogP contribution in [0.15, 0.2) is 29.3 Å². The molecule has 1 unspecified atom stereocenters. The Morgan fingerprint density at radius 1 is 1.58 bits per heavy atom. The number of rotatable bonds is 3. The van der Waals surface area contributed by atoms with Gasteiger partial charge in [-0.25, -0.2) is 9.18 Å². The third-order valence-corrected chi connectivity index (χ3v) is 3.66. The third kappa shape index (κ3) is 2.53. The Bertz CT molecular complexity index is 573. The molecule has 100 valence electrons. The van der Waals surface area contributed by atoms with Crippen molar-refractivity contribution in [1.82, 2.24) is 0 Å². The number of carbonyl (C=O) groups excluding carboxylic acids is 1. The first-order chi connectivity index (χ1) is 8.93. The van der Waals surface area contributed by atoms with Gasteiger partial charge in [0.1, 0.15) is 5.82 Å². The Kier molecular flexibility index (Phi) is 3.71. The minimum absolute atomic E-state index is 0.0409. The van der Waals surface area contributed by atoms with E-state index in [1.807, 2.05) is 0 Å². The molecule has 1 fully saturated rings. The molecule has 19 heavy (non-hydrogen) atoms. The maximum absolute atomic E-state index is 13.6. The molecule has 1 amide bonds. The first-order valence-electron chi connectivity index (χ1n) is 5.59. The molecule has 1 heterocycles. The minimum Gasteiger partial charge on any atom is -0.478 e. The highest BCUT2D eigenvalue weighted by atomic mass is 79.9. The van der Waals surface area contributed by atoms with Crippen LogP contribution in [0.5, 0.6) is 0 Å². The van der Waals surface area contributed by atoms with E-state index in [-0.39, 0.29) is 34.0 Å². The summed E-state index contributed by atoms with van der Waals surface area (Å²) in [6.07, 6.45) is 1.91. The molecule has 1 aliphatic heterocycles. The van der Waals surface area contributed by atoms with E-state index in [1.165, 1.54) is 11.0 Å². The van der Waals surface area contributed by atoms with Gasteiger partial charge in [-0.1, -0.05) is 6.08 Å². The summed E-state index contributed by atoms with van der Waals surface area (Å²) in [5.41, 5.74) is -0.0195. The number of amides is 1. The summed E-state index contributed by atoms with van der Waals surface area (Å²) < 4.78 is 13.6. The summed E-state index contributed by atoms with van der Waals surface area (Å²) in [4.78, 5) is 24.4. The number of hydrogen-bond acceptors (Lipinski definition) is 2. The van der Waals surface area contributed by atoms with Crippen LogP contribution in [0.3, 0.4) is 0 Å². The maximum Gasteiger partial charge on any atom is 0.337 e. The van der Waals surface area contributed by atoms with Gasteiger partial charge in [0.15, 0.2) is 0 Å². The van der Waals surface area contributed by atoms with E-state index in [0.29, 0.717) is 6.54 Å². The molecule has 1 aliphatic rings. The largest absolute Gasteiger partial charge is 0.478 e. The van der Waals surface area contributed by atoms with Crippen LogP contribution in [-0.2, 0) is 4.79 Å². The lowest BCUT2D eigenvalue weighted by Gasteiger charge is -2.19. The molecule has 0 radical (unpaired) electrons. The van der Waals surface area contributed by atoms with Gasteiger partial charge in [-0.05, 0) is 28.1 Å². The first-order valence-corrected chi connectivity index (χ1v) is 6.38. The summed E-state index contributed by atoms with van der Waals surface area (Å²) in [6, 6.07) is 2.23. The Morgan fingerprint density at radius 3 is 2.79 bits per heavy atom. The Labute approximate surface area is 117 Å². The number of benzene rings is 1. The molecule has 4 nitrogen and oxygen atoms in total. The van der Waals surface area contributed by atoms with Crippen LogP contribution in [0.2, 0.25) is 0 Å². The van der Waals surface area contributed by atoms with Crippen molar-refractivity contribution in [3.63, 3.8) is 0 Å². The van der Waals surface area contributed by atoms with Crippen molar-refractivity contribution in [2.24, 2.45) is 5.92 Å². The zero-order valence-electron chi connectivity index (χ0n) is 9.90. The topological polar surface area (TPSA) is 57.6 Å². The fourth-order valence-corrected chi connectivity index (χ4v) is 2.40. The summed E-state index contributed by atoms with van der Waals surface area (Å²) >= 11 is 2.94. The lowest BCUT2D eigenvalue weighted by molar-refractivity contribution is -0.117. The lowest BCUT2D eigenvalue weighted by atomic mass is 10.1. The predicted octanol–water partition coefficient (Wildman–Crippen LogP) is 2.83. The normalized spacial score (nSPS) is 18.7. The van der Waals surface area contributed by atoms with Gasteiger partial charge in [-0.2, -0.15) is 0 Å². The van der Waals surface area contributed by atoms with Gasteiger partial charge in [0.2, 0.25) is 5.91 Å². The number of anilines is 1. The Morgan fingerprint density at radius 2 is 2.26 bits per heavy atom. The molecule has 0 aliphatic carbocycles. The predicted molar refractivity (Wildman–Crippen MR) is 71.7 cm³/mol. The third-order valence-electron chi connectivity index (χ3n) is 3.05. The Balaban J connectivity index is 2.50. The smallest absolute Gasteiger partial charge is 0.337 e. The molecule has 1 atom stereocenters. The molecule has 6 heteroatoms. The summed E-state index contributed by atoms with van der Waals surface area (Å²) in [6.45, 7) is 3.94. The zero-order chi connectivity index (χ0) is 14.2. The van der Waals surface area contributed by atoms with Gasteiger partial charge >= 0.3 is 5.97 Å². The van der Waals surface area contributed by atoms with Gasteiger partial charge in [0.05, 0.1) is 15.7 Å². The number of hydrogen-bond donors (Lipinski definition) is 1. The first kappa shape index (κ1) is 13.7. The standard InChI is InChI=1S/C13H11BrFNO3/c1-2-7-3-12(17)16(6-7)11-5-10(15)9(14)4-8(11)13(18)19/h2,4-5,7H,1,3,6H2,(H,18,19). The SMILES string of the molecule is C=CC1CC(=O)N(c2cc(F)c(Br)cc2C(=O)O)C1. The van der Waals surface area contributed by atoms with E-state index < -0.39 is 11.8 Å². The molecule has 0 spiro atoms. The van der Waals surface area contributed by atoms with Crippen LogP contribution >= 0.6 is 15.9 Å². The van der Waals surface area contributed by atoms with Crippen LogP contribution in [0.4, 0.5) is 10.1 Å². The number of carboxylic acid groups (broad SMARTS) is 1. The van der Waals surface area contributed by atoms with Crippen molar-refractivity contribution in [1.29, 1.82) is 0 Å². The number of halogens is 2. The van der Waals surface area contributed by atoms with E-state index in [2.05, 4.69) is 22.5 Å². The van der Waals surface area contributed by atoms with Crippen LogP contribution < -0.4 is 4.90 Å². The fourth-order valence-electron chi connectivity index (χ4n) is 2.06. The molecule has 2 rings (SSSR count). The maximum atomic E-state index is 13.6. The van der Waals surface area contributed by atoms with E-state index in [9.17, 15) is 14.0 Å². The number of carboxylic acids is 1. The van der Waals surface area contributed by atoms with Gasteiger partial charge in [-0.3, -0.25) is 4.79 Å². The van der Waals surface area contributed by atoms with Crippen molar-refractivity contribution in [3.05, 3.63) is 40.6 Å². The average Bonchev–Trinajstić information content (AvgIpc) is 2.73. The summed E-state index contributed by atoms with van der Waals surface area (Å²) in [7, 11) is 0.